The number of ether oxygens (including phenoxy) is 4. The van der Waals surface area contributed by atoms with E-state index in [2.05, 4.69) is 55.4 Å². The SMILES string of the molecule is CCC(C)CCCCCCCCC(=O)OC[C@H](COP(=O)(O)OC[C@H](O)COP(=O)(O)OC[C@@H](COC(=O)CCCCCCCCCC(C)C)OC(=O)CCCCCCCCCCCCCCCC(C)C)OC(=O)CCCCCCCCCC(C)C. The van der Waals surface area contributed by atoms with Crippen molar-refractivity contribution in [3.8, 4) is 0 Å². The molecule has 0 aromatic heterocycles. The Bertz CT molecular complexity index is 1720. The minimum Gasteiger partial charge on any atom is -0.462 e. The summed E-state index contributed by atoms with van der Waals surface area (Å²) in [7, 11) is -9.90. The molecule has 0 aliphatic carbocycles. The van der Waals surface area contributed by atoms with Crippen molar-refractivity contribution in [1.29, 1.82) is 0 Å². The first-order valence-electron chi connectivity index (χ1n) is 34.7. The van der Waals surface area contributed by atoms with Gasteiger partial charge in [-0.15, -0.1) is 0 Å². The van der Waals surface area contributed by atoms with E-state index in [0.29, 0.717) is 37.5 Å². The van der Waals surface area contributed by atoms with Crippen LogP contribution < -0.4 is 0 Å². The zero-order valence-corrected chi connectivity index (χ0v) is 57.7. The minimum atomic E-state index is -4.95. The van der Waals surface area contributed by atoms with Gasteiger partial charge in [0.1, 0.15) is 19.3 Å². The molecule has 86 heavy (non-hydrogen) atoms. The zero-order chi connectivity index (χ0) is 63.9. The fraction of sp³-hybridized carbons (Fsp3) is 0.940. The Morgan fingerprint density at radius 1 is 0.326 bits per heavy atom. The molecule has 0 rings (SSSR count). The lowest BCUT2D eigenvalue weighted by Crippen LogP contribution is -2.30. The van der Waals surface area contributed by atoms with Crippen LogP contribution in [0.2, 0.25) is 0 Å². The van der Waals surface area contributed by atoms with Crippen LogP contribution in [0.25, 0.3) is 0 Å². The predicted octanol–water partition coefficient (Wildman–Crippen LogP) is 18.5. The number of rotatable bonds is 64. The van der Waals surface area contributed by atoms with E-state index in [0.717, 1.165) is 115 Å². The van der Waals surface area contributed by atoms with Crippen LogP contribution in [0.1, 0.15) is 325 Å². The van der Waals surface area contributed by atoms with Gasteiger partial charge in [-0.3, -0.25) is 37.3 Å². The van der Waals surface area contributed by atoms with E-state index >= 15 is 0 Å². The van der Waals surface area contributed by atoms with E-state index < -0.39 is 97.5 Å². The molecule has 19 heteroatoms. The number of phosphoric acid groups is 2. The van der Waals surface area contributed by atoms with E-state index in [4.69, 9.17) is 37.0 Å². The van der Waals surface area contributed by atoms with Crippen LogP contribution in [0.3, 0.4) is 0 Å². The maximum Gasteiger partial charge on any atom is 0.472 e. The molecular formula is C67H130O17P2. The van der Waals surface area contributed by atoms with Gasteiger partial charge >= 0.3 is 39.5 Å². The molecule has 0 amide bonds. The third kappa shape index (κ3) is 59.7. The first-order valence-corrected chi connectivity index (χ1v) is 37.7. The van der Waals surface area contributed by atoms with Crippen LogP contribution in [0.5, 0.6) is 0 Å². The summed E-state index contributed by atoms with van der Waals surface area (Å²) in [6.07, 6.45) is 37.8. The second kappa shape index (κ2) is 57.0. The van der Waals surface area contributed by atoms with E-state index in [1.165, 1.54) is 116 Å². The van der Waals surface area contributed by atoms with Gasteiger partial charge in [-0.25, -0.2) is 9.13 Å². The first kappa shape index (κ1) is 84.1. The fourth-order valence-corrected chi connectivity index (χ4v) is 11.5. The molecule has 0 aromatic rings. The van der Waals surface area contributed by atoms with Gasteiger partial charge in [0.2, 0.25) is 0 Å². The molecule has 0 fully saturated rings. The van der Waals surface area contributed by atoms with Crippen LogP contribution in [0.15, 0.2) is 0 Å². The number of phosphoric ester groups is 2. The lowest BCUT2D eigenvalue weighted by Gasteiger charge is -2.21. The number of carbonyl (C=O) groups excluding carboxylic acids is 4. The van der Waals surface area contributed by atoms with Gasteiger partial charge in [-0.1, -0.05) is 274 Å². The molecule has 3 N–H and O–H groups in total. The molecule has 17 nitrogen and oxygen atoms in total. The Labute approximate surface area is 524 Å². The van der Waals surface area contributed by atoms with Crippen LogP contribution in [0, 0.1) is 23.7 Å². The Hall–Kier alpha value is -1.94. The summed E-state index contributed by atoms with van der Waals surface area (Å²) >= 11 is 0. The van der Waals surface area contributed by atoms with Crippen molar-refractivity contribution in [3.63, 3.8) is 0 Å². The molecule has 0 heterocycles. The molecule has 3 unspecified atom stereocenters. The van der Waals surface area contributed by atoms with E-state index in [1.54, 1.807) is 0 Å². The molecule has 510 valence electrons. The highest BCUT2D eigenvalue weighted by atomic mass is 31.2. The molecule has 0 aromatic carbocycles. The molecule has 0 spiro atoms. The molecular weight excluding hydrogens is 1140 g/mol. The average Bonchev–Trinajstić information content (AvgIpc) is 3.66. The fourth-order valence-electron chi connectivity index (χ4n) is 9.93. The van der Waals surface area contributed by atoms with Crippen LogP contribution in [0.4, 0.5) is 0 Å². The normalized spacial score (nSPS) is 14.7. The second-order valence-electron chi connectivity index (χ2n) is 25.9. The van der Waals surface area contributed by atoms with Crippen molar-refractivity contribution >= 4 is 39.5 Å². The van der Waals surface area contributed by atoms with Gasteiger partial charge in [-0.2, -0.15) is 0 Å². The van der Waals surface area contributed by atoms with Crippen molar-refractivity contribution in [3.05, 3.63) is 0 Å². The molecule has 6 atom stereocenters. The van der Waals surface area contributed by atoms with Gasteiger partial charge in [0.25, 0.3) is 0 Å². The van der Waals surface area contributed by atoms with Crippen molar-refractivity contribution in [1.82, 2.24) is 0 Å². The van der Waals surface area contributed by atoms with Crippen molar-refractivity contribution in [2.24, 2.45) is 23.7 Å². The highest BCUT2D eigenvalue weighted by molar-refractivity contribution is 7.47. The van der Waals surface area contributed by atoms with Gasteiger partial charge in [-0.05, 0) is 49.4 Å². The second-order valence-corrected chi connectivity index (χ2v) is 28.8. The van der Waals surface area contributed by atoms with Crippen molar-refractivity contribution < 1.29 is 80.2 Å². The van der Waals surface area contributed by atoms with Gasteiger partial charge < -0.3 is 33.8 Å². The number of hydrogen-bond acceptors (Lipinski definition) is 15. The topological polar surface area (TPSA) is 237 Å². The Balaban J connectivity index is 5.23. The third-order valence-electron chi connectivity index (χ3n) is 15.7. The zero-order valence-electron chi connectivity index (χ0n) is 55.9. The number of aliphatic hydroxyl groups excluding tert-OH is 1. The van der Waals surface area contributed by atoms with E-state index in [-0.39, 0.29) is 25.7 Å². The number of unbranched alkanes of at least 4 members (excludes halogenated alkanes) is 29. The summed E-state index contributed by atoms with van der Waals surface area (Å²) in [5.74, 6) is 0.781. The average molecular weight is 1270 g/mol. The van der Waals surface area contributed by atoms with Gasteiger partial charge in [0, 0.05) is 25.7 Å². The maximum atomic E-state index is 13.0. The molecule has 0 saturated heterocycles. The number of hydrogen-bond donors (Lipinski definition) is 3. The molecule has 0 bridgehead atoms. The summed E-state index contributed by atoms with van der Waals surface area (Å²) in [5.41, 5.74) is 0. The molecule has 0 saturated carbocycles. The molecule has 0 radical (unpaired) electrons. The maximum absolute atomic E-state index is 13.0. The van der Waals surface area contributed by atoms with E-state index in [9.17, 15) is 43.2 Å². The monoisotopic (exact) mass is 1270 g/mol. The molecule has 0 aliphatic heterocycles. The summed E-state index contributed by atoms with van der Waals surface area (Å²) in [4.78, 5) is 72.3. The quantitative estimate of drug-likeness (QED) is 0.0222. The van der Waals surface area contributed by atoms with Gasteiger partial charge in [0.05, 0.1) is 26.4 Å². The van der Waals surface area contributed by atoms with Crippen LogP contribution in [-0.4, -0.2) is 96.7 Å². The van der Waals surface area contributed by atoms with Crippen LogP contribution >= 0.6 is 15.6 Å². The summed E-state index contributed by atoms with van der Waals surface area (Å²) in [6.45, 7) is 14.0. The number of esters is 4. The van der Waals surface area contributed by atoms with Crippen molar-refractivity contribution in [2.75, 3.05) is 39.6 Å². The summed E-state index contributed by atoms with van der Waals surface area (Å²) in [5, 5.41) is 10.6. The lowest BCUT2D eigenvalue weighted by atomic mass is 10.00. The highest BCUT2D eigenvalue weighted by Gasteiger charge is 2.30. The number of aliphatic hydroxyl groups is 1. The summed E-state index contributed by atoms with van der Waals surface area (Å²) in [6, 6.07) is 0. The van der Waals surface area contributed by atoms with Gasteiger partial charge in [0.15, 0.2) is 12.2 Å². The van der Waals surface area contributed by atoms with Crippen LogP contribution in [-0.2, 0) is 65.4 Å². The minimum absolute atomic E-state index is 0.102. The molecule has 0 aliphatic rings. The Morgan fingerprint density at radius 2 is 0.558 bits per heavy atom. The number of carbonyl (C=O) groups is 4. The first-order chi connectivity index (χ1) is 41.1. The largest absolute Gasteiger partial charge is 0.472 e. The standard InChI is InChI=1S/C67H130O17P2/c1-9-60(8)46-38-30-25-26-32-40-48-65(70)78-54-63(84-67(72)50-42-34-24-18-21-29-37-45-59(6)7)56-82-86(75,76)80-52-61(68)51-79-85(73,74)81-55-62(53-77-64(69)47-39-31-23-17-20-28-36-44-58(4)5)83-66(71)49-41-33-22-16-14-12-10-11-13-15-19-27-35-43-57(2)3/h57-63,68H,9-56H2,1-8H3,(H,73,74)(H,75,76)/t60?,61-,62-,63-/m1/s1. The predicted molar refractivity (Wildman–Crippen MR) is 344 cm³/mol. The highest BCUT2D eigenvalue weighted by Crippen LogP contribution is 2.45. The Kier molecular flexibility index (Phi) is 55.7. The summed E-state index contributed by atoms with van der Waals surface area (Å²) < 4.78 is 68.1. The lowest BCUT2D eigenvalue weighted by molar-refractivity contribution is -0.161. The third-order valence-corrected chi connectivity index (χ3v) is 17.6. The Morgan fingerprint density at radius 3 is 0.826 bits per heavy atom. The van der Waals surface area contributed by atoms with Crippen molar-refractivity contribution in [2.45, 2.75) is 343 Å². The smallest absolute Gasteiger partial charge is 0.462 e. The van der Waals surface area contributed by atoms with E-state index in [1.807, 2.05) is 0 Å².